The Morgan fingerprint density at radius 1 is 1.23 bits per heavy atom. The van der Waals surface area contributed by atoms with Crippen molar-refractivity contribution in [3.63, 3.8) is 0 Å². The number of methoxy groups -OCH3 is 1. The van der Waals surface area contributed by atoms with Crippen LogP contribution in [0.5, 0.6) is 5.75 Å². The van der Waals surface area contributed by atoms with Crippen LogP contribution in [0.3, 0.4) is 0 Å². The lowest BCUT2D eigenvalue weighted by Gasteiger charge is -2.21. The topological polar surface area (TPSA) is 76.1 Å². The minimum Gasteiger partial charge on any atom is -0.495 e. The summed E-state index contributed by atoms with van der Waals surface area (Å²) < 4.78 is 6.37. The van der Waals surface area contributed by atoms with Crippen LogP contribution < -0.4 is 21.3 Å². The summed E-state index contributed by atoms with van der Waals surface area (Å²) in [5.74, 6) is 0.821. The van der Waals surface area contributed by atoms with Crippen molar-refractivity contribution in [3.05, 3.63) is 50.1 Å². The lowest BCUT2D eigenvalue weighted by atomic mass is 10.1. The molecular formula is C15H18ClN3O3. The van der Waals surface area contributed by atoms with Gasteiger partial charge < -0.3 is 10.1 Å². The average Bonchev–Trinajstić information content (AvgIpc) is 2.36. The van der Waals surface area contributed by atoms with Crippen LogP contribution in [0.4, 0.5) is 11.5 Å². The summed E-state index contributed by atoms with van der Waals surface area (Å²) in [4.78, 5) is 26.9. The van der Waals surface area contributed by atoms with Gasteiger partial charge >= 0.3 is 5.69 Å². The number of hydrogen-bond acceptors (Lipinski definition) is 4. The van der Waals surface area contributed by atoms with Gasteiger partial charge in [-0.1, -0.05) is 11.6 Å². The number of nitrogens with one attached hydrogen (secondary N) is 2. The van der Waals surface area contributed by atoms with Crippen molar-refractivity contribution in [2.45, 2.75) is 26.3 Å². The minimum absolute atomic E-state index is 0.274. The van der Waals surface area contributed by atoms with E-state index < -0.39 is 11.2 Å². The van der Waals surface area contributed by atoms with Gasteiger partial charge in [0.2, 0.25) is 0 Å². The van der Waals surface area contributed by atoms with Gasteiger partial charge in [0.15, 0.2) is 0 Å². The number of rotatable bonds is 3. The Bertz CT molecular complexity index is 772. The Kier molecular flexibility index (Phi) is 4.32. The van der Waals surface area contributed by atoms with Crippen LogP contribution in [0, 0.1) is 0 Å². The first-order valence-corrected chi connectivity index (χ1v) is 7.07. The molecule has 0 aliphatic rings. The van der Waals surface area contributed by atoms with E-state index in [2.05, 4.69) is 10.3 Å². The van der Waals surface area contributed by atoms with E-state index >= 15 is 0 Å². The molecule has 0 radical (unpaired) electrons. The van der Waals surface area contributed by atoms with Crippen LogP contribution >= 0.6 is 11.6 Å². The van der Waals surface area contributed by atoms with Gasteiger partial charge in [-0.15, -0.1) is 0 Å². The fraction of sp³-hybridized carbons (Fsp3) is 0.333. The zero-order valence-corrected chi connectivity index (χ0v) is 13.6. The van der Waals surface area contributed by atoms with Gasteiger partial charge in [-0.3, -0.25) is 14.3 Å². The molecule has 6 nitrogen and oxygen atoms in total. The standard InChI is InChI=1S/C15H18ClN3O3/c1-15(2,3)19-13(20)8-12(18-14(19)21)17-10-7-9(16)5-6-11(10)22-4/h5-8,17H,1-4H3,(H,18,21). The molecule has 0 saturated heterocycles. The quantitative estimate of drug-likeness (QED) is 0.910. The largest absolute Gasteiger partial charge is 0.495 e. The minimum atomic E-state index is -0.600. The second-order valence-electron chi connectivity index (χ2n) is 5.80. The van der Waals surface area contributed by atoms with E-state index in [9.17, 15) is 9.59 Å². The maximum atomic E-state index is 12.2. The molecule has 118 valence electrons. The maximum absolute atomic E-state index is 12.2. The number of anilines is 2. The second-order valence-corrected chi connectivity index (χ2v) is 6.24. The second kappa shape index (κ2) is 5.88. The van der Waals surface area contributed by atoms with E-state index in [0.717, 1.165) is 4.57 Å². The molecule has 0 spiro atoms. The van der Waals surface area contributed by atoms with Crippen molar-refractivity contribution in [1.82, 2.24) is 9.55 Å². The lowest BCUT2D eigenvalue weighted by molar-refractivity contribution is 0.367. The molecule has 0 bridgehead atoms. The molecular weight excluding hydrogens is 306 g/mol. The maximum Gasteiger partial charge on any atom is 0.330 e. The highest BCUT2D eigenvalue weighted by atomic mass is 35.5. The van der Waals surface area contributed by atoms with Gasteiger partial charge in [0.1, 0.15) is 11.6 Å². The summed E-state index contributed by atoms with van der Waals surface area (Å²) in [7, 11) is 1.52. The number of H-pyrrole nitrogens is 1. The molecule has 0 atom stereocenters. The Morgan fingerprint density at radius 3 is 2.45 bits per heavy atom. The molecule has 22 heavy (non-hydrogen) atoms. The van der Waals surface area contributed by atoms with E-state index in [-0.39, 0.29) is 11.4 Å². The van der Waals surface area contributed by atoms with Gasteiger partial charge in [0.25, 0.3) is 5.56 Å². The number of benzene rings is 1. The summed E-state index contributed by atoms with van der Waals surface area (Å²) in [6, 6.07) is 6.35. The van der Waals surface area contributed by atoms with Crippen molar-refractivity contribution >= 4 is 23.1 Å². The molecule has 0 aliphatic heterocycles. The SMILES string of the molecule is COc1ccc(Cl)cc1Nc1cc(=O)n(C(C)(C)C)c(=O)[nH]1. The summed E-state index contributed by atoms with van der Waals surface area (Å²) >= 11 is 5.95. The van der Waals surface area contributed by atoms with Crippen LogP contribution in [0.25, 0.3) is 0 Å². The van der Waals surface area contributed by atoms with Gasteiger partial charge in [0, 0.05) is 16.6 Å². The predicted molar refractivity (Wildman–Crippen MR) is 87.6 cm³/mol. The zero-order chi connectivity index (χ0) is 16.5. The summed E-state index contributed by atoms with van der Waals surface area (Å²) in [5.41, 5.74) is -0.918. The molecule has 1 heterocycles. The van der Waals surface area contributed by atoms with Crippen molar-refractivity contribution in [2.24, 2.45) is 0 Å². The molecule has 1 aromatic carbocycles. The zero-order valence-electron chi connectivity index (χ0n) is 12.9. The van der Waals surface area contributed by atoms with Crippen LogP contribution in [-0.4, -0.2) is 16.7 Å². The Morgan fingerprint density at radius 2 is 1.91 bits per heavy atom. The van der Waals surface area contributed by atoms with E-state index in [0.29, 0.717) is 16.5 Å². The number of halogens is 1. The van der Waals surface area contributed by atoms with Crippen molar-refractivity contribution in [3.8, 4) is 5.75 Å². The number of nitrogens with zero attached hydrogens (tertiary/aromatic N) is 1. The summed E-state index contributed by atoms with van der Waals surface area (Å²) in [6.07, 6.45) is 0. The van der Waals surface area contributed by atoms with Gasteiger partial charge in [-0.05, 0) is 39.0 Å². The van der Waals surface area contributed by atoms with Crippen molar-refractivity contribution < 1.29 is 4.74 Å². The van der Waals surface area contributed by atoms with Crippen molar-refractivity contribution in [1.29, 1.82) is 0 Å². The van der Waals surface area contributed by atoms with Gasteiger partial charge in [0.05, 0.1) is 12.8 Å². The lowest BCUT2D eigenvalue weighted by Crippen LogP contribution is -2.44. The molecule has 0 saturated carbocycles. The number of aromatic nitrogens is 2. The Balaban J connectivity index is 2.47. The van der Waals surface area contributed by atoms with Crippen LogP contribution in [-0.2, 0) is 5.54 Å². The van der Waals surface area contributed by atoms with E-state index in [1.807, 2.05) is 0 Å². The normalized spacial score (nSPS) is 11.3. The first kappa shape index (κ1) is 16.2. The molecule has 0 unspecified atom stereocenters. The smallest absolute Gasteiger partial charge is 0.330 e. The van der Waals surface area contributed by atoms with Crippen LogP contribution in [0.15, 0.2) is 33.9 Å². The third-order valence-corrected chi connectivity index (χ3v) is 3.27. The molecule has 0 aliphatic carbocycles. The monoisotopic (exact) mass is 323 g/mol. The highest BCUT2D eigenvalue weighted by molar-refractivity contribution is 6.31. The van der Waals surface area contributed by atoms with Gasteiger partial charge in [-0.2, -0.15) is 0 Å². The predicted octanol–water partition coefficient (Wildman–Crippen LogP) is 2.70. The third-order valence-electron chi connectivity index (χ3n) is 3.03. The highest BCUT2D eigenvalue weighted by Gasteiger charge is 2.18. The Labute approximate surface area is 132 Å². The molecule has 1 aromatic heterocycles. The number of ether oxygens (including phenoxy) is 1. The molecule has 2 rings (SSSR count). The molecule has 2 N–H and O–H groups in total. The fourth-order valence-corrected chi connectivity index (χ4v) is 2.29. The van der Waals surface area contributed by atoms with E-state index in [4.69, 9.17) is 16.3 Å². The Hall–Kier alpha value is -2.21. The number of hydrogen-bond donors (Lipinski definition) is 2. The van der Waals surface area contributed by atoms with E-state index in [1.165, 1.54) is 13.2 Å². The molecule has 7 heteroatoms. The van der Waals surface area contributed by atoms with Crippen molar-refractivity contribution in [2.75, 3.05) is 12.4 Å². The molecule has 0 amide bonds. The average molecular weight is 324 g/mol. The first-order chi connectivity index (χ1) is 10.2. The molecule has 2 aromatic rings. The van der Waals surface area contributed by atoms with E-state index in [1.54, 1.807) is 39.0 Å². The highest BCUT2D eigenvalue weighted by Crippen LogP contribution is 2.29. The van der Waals surface area contributed by atoms with Gasteiger partial charge in [-0.25, -0.2) is 4.79 Å². The molecule has 0 fully saturated rings. The van der Waals surface area contributed by atoms with Crippen LogP contribution in [0.2, 0.25) is 5.02 Å². The summed E-state index contributed by atoms with van der Waals surface area (Å²) in [5, 5.41) is 3.45. The third kappa shape index (κ3) is 3.33. The fourth-order valence-electron chi connectivity index (χ4n) is 2.12. The summed E-state index contributed by atoms with van der Waals surface area (Å²) in [6.45, 7) is 5.37. The first-order valence-electron chi connectivity index (χ1n) is 6.70. The number of aromatic amines is 1. The van der Waals surface area contributed by atoms with Crippen LogP contribution in [0.1, 0.15) is 20.8 Å².